The number of hydrogen-bond acceptors (Lipinski definition) is 4. The minimum absolute atomic E-state index is 0. The molecular formula is C24H49NaO4S. The third-order valence-electron chi connectivity index (χ3n) is 5.97. The van der Waals surface area contributed by atoms with E-state index < -0.39 is 15.4 Å². The van der Waals surface area contributed by atoms with Gasteiger partial charge in [-0.15, -0.1) is 0 Å². The number of aliphatic hydroxyl groups is 1. The molecule has 0 fully saturated rings. The van der Waals surface area contributed by atoms with Crippen LogP contribution in [0.15, 0.2) is 0 Å². The van der Waals surface area contributed by atoms with Gasteiger partial charge in [-0.25, -0.2) is 8.42 Å². The van der Waals surface area contributed by atoms with Crippen molar-refractivity contribution in [2.45, 2.75) is 147 Å². The fraction of sp³-hybridized carbons (Fsp3) is 1.00. The Morgan fingerprint density at radius 1 is 0.600 bits per heavy atom. The van der Waals surface area contributed by atoms with Crippen LogP contribution >= 0.6 is 0 Å². The maximum absolute atomic E-state index is 11.4. The van der Waals surface area contributed by atoms with Crippen LogP contribution in [-0.2, 0) is 10.1 Å². The number of aliphatic hydroxyl groups excluding tert-OH is 1. The van der Waals surface area contributed by atoms with Gasteiger partial charge in [-0.3, -0.25) is 0 Å². The first kappa shape index (κ1) is 33.0. The quantitative estimate of drug-likeness (QED) is 0.143. The Hall–Kier alpha value is 0.870. The maximum atomic E-state index is 11.4. The minimum Gasteiger partial charge on any atom is -0.748 e. The molecule has 30 heavy (non-hydrogen) atoms. The molecule has 0 saturated heterocycles. The van der Waals surface area contributed by atoms with E-state index in [-0.39, 0.29) is 29.6 Å². The van der Waals surface area contributed by atoms with Crippen LogP contribution < -0.4 is 29.6 Å². The van der Waals surface area contributed by atoms with E-state index in [2.05, 4.69) is 6.92 Å². The zero-order valence-corrected chi connectivity index (χ0v) is 23.0. The minimum atomic E-state index is -4.13. The van der Waals surface area contributed by atoms with Crippen LogP contribution in [0.5, 0.6) is 0 Å². The summed E-state index contributed by atoms with van der Waals surface area (Å²) in [7, 11) is -4.13. The van der Waals surface area contributed by atoms with Gasteiger partial charge in [0.25, 0.3) is 0 Å². The number of hydrogen-bond donors (Lipinski definition) is 1. The van der Waals surface area contributed by atoms with E-state index in [4.69, 9.17) is 5.11 Å². The van der Waals surface area contributed by atoms with Gasteiger partial charge in [-0.05, 0) is 19.3 Å². The van der Waals surface area contributed by atoms with Crippen LogP contribution in [-0.4, -0.2) is 29.9 Å². The molecule has 0 aliphatic carbocycles. The van der Waals surface area contributed by atoms with E-state index >= 15 is 0 Å². The molecule has 1 N–H and O–H groups in total. The summed E-state index contributed by atoms with van der Waals surface area (Å²) in [6.07, 6.45) is 23.6. The van der Waals surface area contributed by atoms with Crippen molar-refractivity contribution in [1.82, 2.24) is 0 Å². The molecule has 0 bridgehead atoms. The largest absolute Gasteiger partial charge is 1.00 e. The van der Waals surface area contributed by atoms with E-state index in [1.807, 2.05) is 0 Å². The second-order valence-electron chi connectivity index (χ2n) is 8.78. The van der Waals surface area contributed by atoms with Crippen LogP contribution in [0, 0.1) is 0 Å². The smallest absolute Gasteiger partial charge is 0.748 e. The normalized spacial score (nSPS) is 12.6. The molecule has 6 heteroatoms. The Balaban J connectivity index is 0. The van der Waals surface area contributed by atoms with Gasteiger partial charge in [-0.1, -0.05) is 122 Å². The summed E-state index contributed by atoms with van der Waals surface area (Å²) in [6, 6.07) is 0. The molecular weight excluding hydrogens is 407 g/mol. The third kappa shape index (κ3) is 23.5. The van der Waals surface area contributed by atoms with Crippen molar-refractivity contribution in [3.8, 4) is 0 Å². The second-order valence-corrected chi connectivity index (χ2v) is 10.4. The van der Waals surface area contributed by atoms with E-state index in [1.165, 1.54) is 70.6 Å². The van der Waals surface area contributed by atoms with Gasteiger partial charge in [0.1, 0.15) is 0 Å². The summed E-state index contributed by atoms with van der Waals surface area (Å²) < 4.78 is 34.3. The monoisotopic (exact) mass is 456 g/mol. The Kier molecular flexibility index (Phi) is 27.0. The first-order valence-electron chi connectivity index (χ1n) is 12.6. The average Bonchev–Trinajstić information content (AvgIpc) is 2.68. The molecule has 0 aromatic heterocycles. The van der Waals surface area contributed by atoms with Gasteiger partial charge < -0.3 is 9.66 Å². The predicted octanol–water partition coefficient (Wildman–Crippen LogP) is 4.11. The molecule has 176 valence electrons. The van der Waals surface area contributed by atoms with Crippen LogP contribution in [0.1, 0.15) is 142 Å². The van der Waals surface area contributed by atoms with Crippen LogP contribution in [0.4, 0.5) is 0 Å². The Labute approximate surface area is 210 Å². The summed E-state index contributed by atoms with van der Waals surface area (Å²) in [5.74, 6) is 0. The van der Waals surface area contributed by atoms with Crippen LogP contribution in [0.3, 0.4) is 0 Å². The molecule has 0 rings (SSSR count). The van der Waals surface area contributed by atoms with E-state index in [9.17, 15) is 13.0 Å². The molecule has 0 radical (unpaired) electrons. The molecule has 1 atom stereocenters. The molecule has 0 aliphatic heterocycles. The van der Waals surface area contributed by atoms with Crippen molar-refractivity contribution in [2.24, 2.45) is 0 Å². The number of rotatable bonds is 23. The fourth-order valence-corrected chi connectivity index (χ4v) is 4.92. The molecule has 0 amide bonds. The van der Waals surface area contributed by atoms with Crippen molar-refractivity contribution >= 4 is 10.1 Å². The number of unbranched alkanes of at least 4 members (excludes halogenated alkanes) is 17. The Morgan fingerprint density at radius 3 is 1.20 bits per heavy atom. The molecule has 0 saturated carbocycles. The second kappa shape index (κ2) is 24.5. The molecule has 0 spiro atoms. The summed E-state index contributed by atoms with van der Waals surface area (Å²) >= 11 is 0. The third-order valence-corrected chi connectivity index (χ3v) is 7.26. The van der Waals surface area contributed by atoms with Crippen molar-refractivity contribution in [3.05, 3.63) is 0 Å². The van der Waals surface area contributed by atoms with Crippen molar-refractivity contribution in [2.75, 3.05) is 6.61 Å². The summed E-state index contributed by atoms with van der Waals surface area (Å²) in [4.78, 5) is 0. The van der Waals surface area contributed by atoms with Gasteiger partial charge in [-0.2, -0.15) is 0 Å². The maximum Gasteiger partial charge on any atom is 1.00 e. The average molecular weight is 457 g/mol. The molecule has 0 aromatic rings. The Bertz CT molecular complexity index is 429. The van der Waals surface area contributed by atoms with Crippen molar-refractivity contribution in [1.29, 1.82) is 0 Å². The van der Waals surface area contributed by atoms with Crippen molar-refractivity contribution in [3.63, 3.8) is 0 Å². The first-order chi connectivity index (χ1) is 14.0. The SMILES string of the molecule is CCCCCCC(CCCCCCCCCCCCCCCCCO)S(=O)(=O)[O-].[Na+]. The zero-order chi connectivity index (χ0) is 21.6. The van der Waals surface area contributed by atoms with Crippen LogP contribution in [0.2, 0.25) is 0 Å². The summed E-state index contributed by atoms with van der Waals surface area (Å²) in [5.41, 5.74) is 0. The predicted molar refractivity (Wildman–Crippen MR) is 123 cm³/mol. The van der Waals surface area contributed by atoms with Gasteiger partial charge in [0.05, 0.1) is 10.1 Å². The molecule has 0 aliphatic rings. The molecule has 0 aromatic carbocycles. The standard InChI is InChI=1S/C24H50O4S.Na/c1-2-3-4-18-21-24(29(26,27)28)22-19-16-14-12-10-8-6-5-7-9-11-13-15-17-20-23-25;/h24-25H,2-23H2,1H3,(H,26,27,28);/q;+1/p-1. The van der Waals surface area contributed by atoms with E-state index in [0.717, 1.165) is 51.4 Å². The van der Waals surface area contributed by atoms with Gasteiger partial charge in [0.2, 0.25) is 0 Å². The van der Waals surface area contributed by atoms with E-state index in [1.54, 1.807) is 0 Å². The van der Waals surface area contributed by atoms with Crippen LogP contribution in [0.25, 0.3) is 0 Å². The first-order valence-corrected chi connectivity index (χ1v) is 14.0. The fourth-order valence-electron chi connectivity index (χ4n) is 4.01. The Morgan fingerprint density at radius 2 is 0.900 bits per heavy atom. The summed E-state index contributed by atoms with van der Waals surface area (Å²) in [5, 5.41) is 8.07. The molecule has 0 heterocycles. The summed E-state index contributed by atoms with van der Waals surface area (Å²) in [6.45, 7) is 2.47. The van der Waals surface area contributed by atoms with Gasteiger partial charge in [0, 0.05) is 11.9 Å². The van der Waals surface area contributed by atoms with Gasteiger partial charge >= 0.3 is 29.6 Å². The molecule has 4 nitrogen and oxygen atoms in total. The van der Waals surface area contributed by atoms with E-state index in [0.29, 0.717) is 19.4 Å². The molecule has 1 unspecified atom stereocenters. The van der Waals surface area contributed by atoms with Crippen molar-refractivity contribution < 1.29 is 47.6 Å². The topological polar surface area (TPSA) is 77.4 Å². The van der Waals surface area contributed by atoms with Gasteiger partial charge in [0.15, 0.2) is 0 Å². The zero-order valence-electron chi connectivity index (χ0n) is 20.2.